The Morgan fingerprint density at radius 3 is 2.88 bits per heavy atom. The van der Waals surface area contributed by atoms with Crippen molar-refractivity contribution in [3.8, 4) is 11.5 Å². The van der Waals surface area contributed by atoms with E-state index in [4.69, 9.17) is 9.47 Å². The van der Waals surface area contributed by atoms with Crippen molar-refractivity contribution in [3.05, 3.63) is 18.2 Å². The third-order valence-electron chi connectivity index (χ3n) is 3.35. The van der Waals surface area contributed by atoms with E-state index in [9.17, 15) is 4.79 Å². The second kappa shape index (κ2) is 8.95. The molecule has 1 amide bonds. The van der Waals surface area contributed by atoms with E-state index in [1.54, 1.807) is 23.5 Å². The lowest BCUT2D eigenvalue weighted by Gasteiger charge is -2.18. The molecule has 8 nitrogen and oxygen atoms in total. The summed E-state index contributed by atoms with van der Waals surface area (Å²) >= 11 is 3.14. The number of fused-ring (bicyclic) bond motifs is 1. The average Bonchev–Trinajstić information content (AvgIpc) is 3.03. The van der Waals surface area contributed by atoms with E-state index in [-0.39, 0.29) is 5.91 Å². The normalized spacial score (nSPS) is 12.8. The molecule has 0 unspecified atom stereocenters. The van der Waals surface area contributed by atoms with Crippen molar-refractivity contribution >= 4 is 29.4 Å². The van der Waals surface area contributed by atoms with E-state index in [2.05, 4.69) is 20.8 Å². The van der Waals surface area contributed by atoms with Crippen LogP contribution in [0, 0.1) is 0 Å². The molecule has 1 aromatic heterocycles. The topological polar surface area (TPSA) is 91.2 Å². The molecule has 0 saturated carbocycles. The van der Waals surface area contributed by atoms with E-state index in [1.807, 2.05) is 18.2 Å². The van der Waals surface area contributed by atoms with E-state index < -0.39 is 0 Å². The fourth-order valence-corrected chi connectivity index (χ4v) is 3.72. The number of nitrogens with one attached hydrogen (secondary N) is 1. The molecule has 0 aliphatic carbocycles. The summed E-state index contributed by atoms with van der Waals surface area (Å²) in [5.41, 5.74) is 0. The van der Waals surface area contributed by atoms with Crippen molar-refractivity contribution in [3.63, 3.8) is 0 Å². The first kappa shape index (κ1) is 17.9. The van der Waals surface area contributed by atoms with Gasteiger partial charge < -0.3 is 14.8 Å². The van der Waals surface area contributed by atoms with Crippen LogP contribution in [0.25, 0.3) is 0 Å². The molecule has 0 radical (unpaired) electrons. The lowest BCUT2D eigenvalue weighted by atomic mass is 10.3. The molecule has 1 aliphatic heterocycles. The number of ether oxygens (including phenoxy) is 2. The van der Waals surface area contributed by atoms with Crippen LogP contribution in [0.5, 0.6) is 11.5 Å². The van der Waals surface area contributed by atoms with E-state index in [0.29, 0.717) is 31.9 Å². The van der Waals surface area contributed by atoms with Crippen LogP contribution in [0.3, 0.4) is 0 Å². The van der Waals surface area contributed by atoms with Gasteiger partial charge in [-0.25, -0.2) is 4.68 Å². The van der Waals surface area contributed by atoms with Crippen LogP contribution in [0.1, 0.15) is 6.42 Å². The van der Waals surface area contributed by atoms with Gasteiger partial charge in [0.1, 0.15) is 13.2 Å². The lowest BCUT2D eigenvalue weighted by molar-refractivity contribution is -0.120. The van der Waals surface area contributed by atoms with Crippen molar-refractivity contribution in [2.24, 2.45) is 7.05 Å². The van der Waals surface area contributed by atoms with Gasteiger partial charge in [0.25, 0.3) is 0 Å². The van der Waals surface area contributed by atoms with Gasteiger partial charge >= 0.3 is 0 Å². The summed E-state index contributed by atoms with van der Waals surface area (Å²) in [6, 6.07) is 5.86. The Bertz CT molecular complexity index is 725. The van der Waals surface area contributed by atoms with Gasteiger partial charge in [0.05, 0.1) is 0 Å². The van der Waals surface area contributed by atoms with E-state index >= 15 is 0 Å². The molecule has 1 aromatic carbocycles. The van der Waals surface area contributed by atoms with Crippen LogP contribution in [-0.4, -0.2) is 57.4 Å². The molecule has 2 aromatic rings. The Labute approximate surface area is 154 Å². The van der Waals surface area contributed by atoms with Gasteiger partial charge in [-0.05, 0) is 28.6 Å². The number of aryl methyl sites for hydroxylation is 1. The van der Waals surface area contributed by atoms with Crippen molar-refractivity contribution in [1.82, 2.24) is 25.5 Å². The number of thioether (sulfide) groups is 2. The number of aromatic nitrogens is 4. The SMILES string of the molecule is Cn1nnnc1SCCNC(=O)CCSc1ccc2c(c1)OCCO2. The summed E-state index contributed by atoms with van der Waals surface area (Å²) in [6.45, 7) is 1.75. The second-order valence-corrected chi connectivity index (χ2v) is 7.42. The highest BCUT2D eigenvalue weighted by molar-refractivity contribution is 7.99. The molecule has 2 heterocycles. The highest BCUT2D eigenvalue weighted by Gasteiger charge is 2.12. The summed E-state index contributed by atoms with van der Waals surface area (Å²) in [7, 11) is 1.79. The number of amides is 1. The van der Waals surface area contributed by atoms with Crippen molar-refractivity contribution in [2.75, 3.05) is 31.3 Å². The van der Waals surface area contributed by atoms with Crippen LogP contribution in [0.15, 0.2) is 28.3 Å². The zero-order valence-electron chi connectivity index (χ0n) is 13.8. The maximum Gasteiger partial charge on any atom is 0.220 e. The number of rotatable bonds is 8. The quantitative estimate of drug-likeness (QED) is 0.542. The Kier molecular flexibility index (Phi) is 6.40. The lowest BCUT2D eigenvalue weighted by Crippen LogP contribution is -2.26. The molecular weight excluding hydrogens is 362 g/mol. The molecule has 0 saturated heterocycles. The summed E-state index contributed by atoms with van der Waals surface area (Å²) < 4.78 is 12.7. The van der Waals surface area contributed by atoms with E-state index in [1.165, 1.54) is 11.8 Å². The first-order chi connectivity index (χ1) is 12.2. The van der Waals surface area contributed by atoms with Crippen LogP contribution in [0.2, 0.25) is 0 Å². The highest BCUT2D eigenvalue weighted by atomic mass is 32.2. The summed E-state index contributed by atoms with van der Waals surface area (Å²) in [6.07, 6.45) is 0.468. The predicted molar refractivity (Wildman–Crippen MR) is 95.3 cm³/mol. The fraction of sp³-hybridized carbons (Fsp3) is 0.467. The monoisotopic (exact) mass is 381 g/mol. The number of carbonyl (C=O) groups is 1. The summed E-state index contributed by atoms with van der Waals surface area (Å²) in [5, 5.41) is 14.8. The Morgan fingerprint density at radius 2 is 2.08 bits per heavy atom. The molecular formula is C15H19N5O3S2. The highest BCUT2D eigenvalue weighted by Crippen LogP contribution is 2.34. The smallest absolute Gasteiger partial charge is 0.220 e. The largest absolute Gasteiger partial charge is 0.486 e. The Hall–Kier alpha value is -1.94. The Morgan fingerprint density at radius 1 is 1.24 bits per heavy atom. The molecule has 25 heavy (non-hydrogen) atoms. The average molecular weight is 381 g/mol. The summed E-state index contributed by atoms with van der Waals surface area (Å²) in [4.78, 5) is 12.9. The molecule has 0 fully saturated rings. The van der Waals surface area contributed by atoms with Gasteiger partial charge in [0, 0.05) is 36.4 Å². The zero-order valence-corrected chi connectivity index (χ0v) is 15.4. The fourth-order valence-electron chi connectivity index (χ4n) is 2.14. The minimum Gasteiger partial charge on any atom is -0.486 e. The first-order valence-corrected chi connectivity index (χ1v) is 9.84. The van der Waals surface area contributed by atoms with Crippen molar-refractivity contribution in [2.45, 2.75) is 16.5 Å². The second-order valence-electron chi connectivity index (χ2n) is 5.19. The van der Waals surface area contributed by atoms with Gasteiger partial charge in [0.2, 0.25) is 11.1 Å². The van der Waals surface area contributed by atoms with Crippen LogP contribution in [0.4, 0.5) is 0 Å². The molecule has 3 rings (SSSR count). The molecule has 0 spiro atoms. The van der Waals surface area contributed by atoms with Gasteiger partial charge in [-0.15, -0.1) is 16.9 Å². The summed E-state index contributed by atoms with van der Waals surface area (Å²) in [5.74, 6) is 3.04. The van der Waals surface area contributed by atoms with Gasteiger partial charge in [0.15, 0.2) is 11.5 Å². The van der Waals surface area contributed by atoms with Gasteiger partial charge in [-0.3, -0.25) is 4.79 Å². The number of carbonyl (C=O) groups excluding carboxylic acids is 1. The maximum absolute atomic E-state index is 11.9. The van der Waals surface area contributed by atoms with Crippen molar-refractivity contribution < 1.29 is 14.3 Å². The number of nitrogens with zero attached hydrogens (tertiary/aromatic N) is 4. The van der Waals surface area contributed by atoms with Crippen LogP contribution in [-0.2, 0) is 11.8 Å². The number of hydrogen-bond acceptors (Lipinski definition) is 8. The number of hydrogen-bond donors (Lipinski definition) is 1. The van der Waals surface area contributed by atoms with E-state index in [0.717, 1.165) is 27.3 Å². The number of benzene rings is 1. The molecule has 0 atom stereocenters. The van der Waals surface area contributed by atoms with Gasteiger partial charge in [-0.1, -0.05) is 11.8 Å². The standard InChI is InChI=1S/C15H19N5O3S2/c1-20-15(17-18-19-20)25-9-5-16-14(21)4-8-24-11-2-3-12-13(10-11)23-7-6-22-12/h2-3,10H,4-9H2,1H3,(H,16,21). The molecule has 10 heteroatoms. The maximum atomic E-state index is 11.9. The predicted octanol–water partition coefficient (Wildman–Crippen LogP) is 1.37. The van der Waals surface area contributed by atoms with Crippen LogP contribution >= 0.6 is 23.5 Å². The third-order valence-corrected chi connectivity index (χ3v) is 5.36. The molecule has 1 aliphatic rings. The van der Waals surface area contributed by atoms with Crippen molar-refractivity contribution in [1.29, 1.82) is 0 Å². The first-order valence-electron chi connectivity index (χ1n) is 7.86. The molecule has 0 bridgehead atoms. The molecule has 1 N–H and O–H groups in total. The minimum absolute atomic E-state index is 0.0433. The number of tetrazole rings is 1. The molecule has 134 valence electrons. The van der Waals surface area contributed by atoms with Crippen LogP contribution < -0.4 is 14.8 Å². The zero-order chi connectivity index (χ0) is 17.5. The Balaban J connectivity index is 1.32. The minimum atomic E-state index is 0.0433. The van der Waals surface area contributed by atoms with Gasteiger partial charge in [-0.2, -0.15) is 0 Å². The third kappa shape index (κ3) is 5.27.